The third kappa shape index (κ3) is 4.02. The van der Waals surface area contributed by atoms with Gasteiger partial charge in [0.05, 0.1) is 18.0 Å². The molecule has 2 N–H and O–H groups in total. The lowest BCUT2D eigenvalue weighted by Crippen LogP contribution is -2.25. The second kappa shape index (κ2) is 6.02. The molecule has 17 heavy (non-hydrogen) atoms. The summed E-state index contributed by atoms with van der Waals surface area (Å²) >= 11 is 5.87. The van der Waals surface area contributed by atoms with E-state index in [-0.39, 0.29) is 10.6 Å². The van der Waals surface area contributed by atoms with Crippen molar-refractivity contribution in [2.45, 2.75) is 26.4 Å². The number of aliphatic hydroxyl groups is 1. The largest absolute Gasteiger partial charge is 0.391 e. The van der Waals surface area contributed by atoms with Crippen molar-refractivity contribution in [1.29, 1.82) is 0 Å². The van der Waals surface area contributed by atoms with Crippen LogP contribution in [0.4, 0.5) is 5.69 Å². The molecule has 1 heterocycles. The fraction of sp³-hybridized carbons (Fsp3) is 0.636. The van der Waals surface area contributed by atoms with E-state index in [1.807, 2.05) is 13.8 Å². The molecule has 96 valence electrons. The van der Waals surface area contributed by atoms with Gasteiger partial charge >= 0.3 is 0 Å². The van der Waals surface area contributed by atoms with Crippen LogP contribution in [0.25, 0.3) is 0 Å². The van der Waals surface area contributed by atoms with E-state index in [0.29, 0.717) is 24.6 Å². The van der Waals surface area contributed by atoms with Crippen molar-refractivity contribution < 1.29 is 5.11 Å². The minimum atomic E-state index is -0.463. The summed E-state index contributed by atoms with van der Waals surface area (Å²) in [6.07, 6.45) is 1.71. The highest BCUT2D eigenvalue weighted by atomic mass is 35.5. The van der Waals surface area contributed by atoms with E-state index >= 15 is 0 Å². The molecular weight excluding hydrogens is 242 g/mol. The van der Waals surface area contributed by atoms with Crippen LogP contribution in [0.1, 0.15) is 20.3 Å². The Morgan fingerprint density at radius 2 is 2.24 bits per heavy atom. The summed E-state index contributed by atoms with van der Waals surface area (Å²) in [7, 11) is 1.53. The van der Waals surface area contributed by atoms with Gasteiger partial charge in [-0.25, -0.2) is 4.68 Å². The van der Waals surface area contributed by atoms with E-state index in [1.165, 1.54) is 13.2 Å². The second-order valence-corrected chi connectivity index (χ2v) is 4.84. The Morgan fingerprint density at radius 1 is 1.59 bits per heavy atom. The molecule has 1 aromatic rings. The summed E-state index contributed by atoms with van der Waals surface area (Å²) in [5.74, 6) is 0.420. The van der Waals surface area contributed by atoms with Gasteiger partial charge in [0.15, 0.2) is 0 Å². The van der Waals surface area contributed by atoms with Crippen LogP contribution in [0.3, 0.4) is 0 Å². The van der Waals surface area contributed by atoms with Crippen LogP contribution < -0.4 is 10.9 Å². The number of aromatic nitrogens is 2. The minimum absolute atomic E-state index is 0.0965. The number of halogens is 1. The third-order valence-corrected chi connectivity index (χ3v) is 2.72. The molecule has 0 aliphatic rings. The Kier molecular flexibility index (Phi) is 4.96. The smallest absolute Gasteiger partial charge is 0.287 e. The summed E-state index contributed by atoms with van der Waals surface area (Å²) < 4.78 is 1.16. The summed E-state index contributed by atoms with van der Waals surface area (Å²) in [5.41, 5.74) is 0.104. The molecule has 1 atom stereocenters. The molecule has 6 heteroatoms. The Balaban J connectivity index is 2.64. The first kappa shape index (κ1) is 14.0. The molecule has 0 saturated carbocycles. The zero-order valence-corrected chi connectivity index (χ0v) is 11.0. The quantitative estimate of drug-likeness (QED) is 0.835. The number of hydrogen-bond acceptors (Lipinski definition) is 4. The zero-order valence-electron chi connectivity index (χ0n) is 10.3. The van der Waals surface area contributed by atoms with Gasteiger partial charge in [-0.15, -0.1) is 0 Å². The number of rotatable bonds is 5. The number of aryl methyl sites for hydroxylation is 1. The van der Waals surface area contributed by atoms with Gasteiger partial charge < -0.3 is 10.4 Å². The lowest BCUT2D eigenvalue weighted by Gasteiger charge is -2.15. The van der Waals surface area contributed by atoms with Crippen molar-refractivity contribution in [2.75, 3.05) is 11.9 Å². The first-order valence-electron chi connectivity index (χ1n) is 5.55. The molecule has 0 bridgehead atoms. The Bertz CT molecular complexity index is 431. The highest BCUT2D eigenvalue weighted by molar-refractivity contribution is 6.32. The maximum atomic E-state index is 11.5. The molecule has 0 spiro atoms. The normalized spacial score (nSPS) is 12.8. The van der Waals surface area contributed by atoms with Gasteiger partial charge in [-0.3, -0.25) is 4.79 Å². The molecule has 0 aliphatic carbocycles. The van der Waals surface area contributed by atoms with Crippen LogP contribution in [-0.4, -0.2) is 27.5 Å². The van der Waals surface area contributed by atoms with E-state index in [1.54, 1.807) is 0 Å². The van der Waals surface area contributed by atoms with Gasteiger partial charge in [0.1, 0.15) is 5.02 Å². The van der Waals surface area contributed by atoms with Gasteiger partial charge in [0.2, 0.25) is 0 Å². The monoisotopic (exact) mass is 259 g/mol. The fourth-order valence-electron chi connectivity index (χ4n) is 1.49. The number of nitrogens with zero attached hydrogens (tertiary/aromatic N) is 2. The van der Waals surface area contributed by atoms with Gasteiger partial charge in [0.25, 0.3) is 5.56 Å². The van der Waals surface area contributed by atoms with Crippen molar-refractivity contribution >= 4 is 17.3 Å². The van der Waals surface area contributed by atoms with Gasteiger partial charge in [-0.1, -0.05) is 25.4 Å². The Labute approximate surface area is 105 Å². The molecule has 1 rings (SSSR count). The number of hydrogen-bond donors (Lipinski definition) is 2. The topological polar surface area (TPSA) is 67.2 Å². The van der Waals surface area contributed by atoms with Crippen LogP contribution in [0.5, 0.6) is 0 Å². The summed E-state index contributed by atoms with van der Waals surface area (Å²) in [4.78, 5) is 11.5. The fourth-order valence-corrected chi connectivity index (χ4v) is 1.73. The van der Waals surface area contributed by atoms with Gasteiger partial charge in [-0.05, 0) is 12.3 Å². The van der Waals surface area contributed by atoms with Crippen LogP contribution in [0.15, 0.2) is 11.0 Å². The van der Waals surface area contributed by atoms with Crippen molar-refractivity contribution in [3.8, 4) is 0 Å². The third-order valence-electron chi connectivity index (χ3n) is 2.35. The number of anilines is 1. The maximum absolute atomic E-state index is 11.5. The molecule has 0 aromatic carbocycles. The van der Waals surface area contributed by atoms with Crippen LogP contribution in [0, 0.1) is 5.92 Å². The highest BCUT2D eigenvalue weighted by Gasteiger charge is 2.10. The number of aliphatic hydroxyl groups excluding tert-OH is 1. The molecule has 0 fully saturated rings. The molecule has 5 nitrogen and oxygen atoms in total. The second-order valence-electron chi connectivity index (χ2n) is 4.47. The standard InChI is InChI=1S/C11H18ClN3O2/c1-7(2)4-8(16)5-13-9-6-14-15(3)11(17)10(9)12/h6-8,13,16H,4-5H2,1-3H3. The van der Waals surface area contributed by atoms with E-state index in [4.69, 9.17) is 11.6 Å². The summed E-state index contributed by atoms with van der Waals surface area (Å²) in [6, 6.07) is 0. The molecule has 0 radical (unpaired) electrons. The van der Waals surface area contributed by atoms with Gasteiger partial charge in [-0.2, -0.15) is 5.10 Å². The molecule has 1 unspecified atom stereocenters. The number of nitrogens with one attached hydrogen (secondary N) is 1. The molecule has 0 saturated heterocycles. The van der Waals surface area contributed by atoms with E-state index in [0.717, 1.165) is 4.68 Å². The molecule has 1 aromatic heterocycles. The summed E-state index contributed by atoms with van der Waals surface area (Å²) in [5, 5.41) is 16.6. The SMILES string of the molecule is CC(C)CC(O)CNc1cnn(C)c(=O)c1Cl. The highest BCUT2D eigenvalue weighted by Crippen LogP contribution is 2.15. The first-order valence-corrected chi connectivity index (χ1v) is 5.93. The minimum Gasteiger partial charge on any atom is -0.391 e. The van der Waals surface area contributed by atoms with Gasteiger partial charge in [0, 0.05) is 13.6 Å². The van der Waals surface area contributed by atoms with E-state index in [2.05, 4.69) is 10.4 Å². The van der Waals surface area contributed by atoms with Crippen molar-refractivity contribution in [2.24, 2.45) is 13.0 Å². The Morgan fingerprint density at radius 3 is 2.82 bits per heavy atom. The lowest BCUT2D eigenvalue weighted by atomic mass is 10.1. The van der Waals surface area contributed by atoms with Crippen molar-refractivity contribution in [1.82, 2.24) is 9.78 Å². The zero-order chi connectivity index (χ0) is 13.0. The van der Waals surface area contributed by atoms with Crippen LogP contribution >= 0.6 is 11.6 Å². The average molecular weight is 260 g/mol. The van der Waals surface area contributed by atoms with Crippen LogP contribution in [-0.2, 0) is 7.05 Å². The molecular formula is C11H18ClN3O2. The molecule has 0 aliphatic heterocycles. The van der Waals surface area contributed by atoms with Crippen molar-refractivity contribution in [3.63, 3.8) is 0 Å². The first-order chi connectivity index (χ1) is 7.91. The van der Waals surface area contributed by atoms with E-state index in [9.17, 15) is 9.90 Å². The van der Waals surface area contributed by atoms with Crippen molar-refractivity contribution in [3.05, 3.63) is 21.6 Å². The maximum Gasteiger partial charge on any atom is 0.287 e. The van der Waals surface area contributed by atoms with E-state index < -0.39 is 6.10 Å². The average Bonchev–Trinajstić information content (AvgIpc) is 2.24. The van der Waals surface area contributed by atoms with Crippen LogP contribution in [0.2, 0.25) is 5.02 Å². The lowest BCUT2D eigenvalue weighted by molar-refractivity contribution is 0.161. The summed E-state index contributed by atoms with van der Waals surface area (Å²) in [6.45, 7) is 4.43. The Hall–Kier alpha value is -1.07. The molecule has 0 amide bonds. The predicted octanol–water partition coefficient (Wildman–Crippen LogP) is 1.25. The predicted molar refractivity (Wildman–Crippen MR) is 68.4 cm³/mol.